The van der Waals surface area contributed by atoms with Crippen molar-refractivity contribution < 1.29 is 26.3 Å². The molecule has 160 valence electrons. The van der Waals surface area contributed by atoms with Gasteiger partial charge in [0.2, 0.25) is 10.0 Å². The molecule has 0 fully saturated rings. The van der Waals surface area contributed by atoms with Gasteiger partial charge in [-0.3, -0.25) is 0 Å². The van der Waals surface area contributed by atoms with Gasteiger partial charge < -0.3 is 9.47 Å². The zero-order valence-electron chi connectivity index (χ0n) is 16.3. The summed E-state index contributed by atoms with van der Waals surface area (Å²) in [6, 6.07) is 15.8. The zero-order valence-corrected chi connectivity index (χ0v) is 18.8. The van der Waals surface area contributed by atoms with E-state index >= 15 is 0 Å². The molecule has 0 unspecified atom stereocenters. The summed E-state index contributed by atoms with van der Waals surface area (Å²) >= 11 is 1.25. The fourth-order valence-corrected chi connectivity index (χ4v) is 7.01. The molecule has 0 aliphatic carbocycles. The topological polar surface area (TPSA) is 98.8 Å². The predicted molar refractivity (Wildman–Crippen MR) is 115 cm³/mol. The quantitative estimate of drug-likeness (QED) is 0.519. The van der Waals surface area contributed by atoms with E-state index in [-0.39, 0.29) is 22.1 Å². The summed E-state index contributed by atoms with van der Waals surface area (Å²) in [5, 5.41) is 0.675. The van der Waals surface area contributed by atoms with Gasteiger partial charge in [-0.25, -0.2) is 21.6 Å². The number of benzene rings is 2. The van der Waals surface area contributed by atoms with Crippen molar-refractivity contribution in [2.75, 3.05) is 20.8 Å². The first-order valence-electron chi connectivity index (χ1n) is 8.83. The highest BCUT2D eigenvalue weighted by Crippen LogP contribution is 2.33. The van der Waals surface area contributed by atoms with Crippen molar-refractivity contribution in [1.82, 2.24) is 4.72 Å². The molecule has 0 spiro atoms. The summed E-state index contributed by atoms with van der Waals surface area (Å²) in [7, 11) is -5.13. The maximum Gasteiger partial charge on any atom is 0.244 e. The van der Waals surface area contributed by atoms with Gasteiger partial charge in [-0.1, -0.05) is 24.3 Å². The predicted octanol–water partition coefficient (Wildman–Crippen LogP) is 3.26. The molecule has 3 rings (SSSR count). The summed E-state index contributed by atoms with van der Waals surface area (Å²) in [6.07, 6.45) is 0. The lowest BCUT2D eigenvalue weighted by Crippen LogP contribution is -2.32. The van der Waals surface area contributed by atoms with E-state index in [1.165, 1.54) is 49.8 Å². The van der Waals surface area contributed by atoms with Crippen LogP contribution in [0.4, 0.5) is 0 Å². The number of sulfone groups is 1. The molecule has 0 saturated carbocycles. The first-order chi connectivity index (χ1) is 14.3. The molecule has 10 heteroatoms. The zero-order chi connectivity index (χ0) is 21.8. The molecule has 2 aromatic carbocycles. The van der Waals surface area contributed by atoms with Gasteiger partial charge in [0, 0.05) is 17.5 Å². The molecule has 1 aromatic heterocycles. The van der Waals surface area contributed by atoms with Crippen molar-refractivity contribution >= 4 is 31.2 Å². The Balaban J connectivity index is 1.96. The monoisotopic (exact) mass is 467 g/mol. The van der Waals surface area contributed by atoms with Crippen LogP contribution in [0, 0.1) is 0 Å². The molecule has 0 aliphatic rings. The SMILES string of the molecule is COc1ccc(OC)c(S(=O)(=O)NC[C@H](c2cccs2)S(=O)(=O)c2ccccc2)c1. The minimum absolute atomic E-state index is 0.126. The highest BCUT2D eigenvalue weighted by atomic mass is 32.2. The van der Waals surface area contributed by atoms with Crippen LogP contribution in [0.5, 0.6) is 11.5 Å². The van der Waals surface area contributed by atoms with E-state index < -0.39 is 25.1 Å². The highest BCUT2D eigenvalue weighted by molar-refractivity contribution is 7.92. The second kappa shape index (κ2) is 9.17. The number of nitrogens with one attached hydrogen (secondary N) is 1. The number of sulfonamides is 1. The number of rotatable bonds is 9. The van der Waals surface area contributed by atoms with Crippen molar-refractivity contribution in [3.05, 3.63) is 70.9 Å². The van der Waals surface area contributed by atoms with Gasteiger partial charge in [0.25, 0.3) is 0 Å². The second-order valence-electron chi connectivity index (χ2n) is 6.23. The van der Waals surface area contributed by atoms with Crippen LogP contribution in [0.2, 0.25) is 0 Å². The molecule has 0 amide bonds. The van der Waals surface area contributed by atoms with E-state index in [4.69, 9.17) is 9.47 Å². The van der Waals surface area contributed by atoms with E-state index in [0.29, 0.717) is 10.6 Å². The molecule has 0 saturated heterocycles. The summed E-state index contributed by atoms with van der Waals surface area (Å²) in [5.41, 5.74) is 0. The number of ether oxygens (including phenoxy) is 2. The normalized spacial score (nSPS) is 13.0. The van der Waals surface area contributed by atoms with Crippen LogP contribution < -0.4 is 14.2 Å². The smallest absolute Gasteiger partial charge is 0.244 e. The molecule has 1 heterocycles. The van der Waals surface area contributed by atoms with Crippen molar-refractivity contribution in [2.24, 2.45) is 0 Å². The lowest BCUT2D eigenvalue weighted by atomic mass is 10.3. The van der Waals surface area contributed by atoms with E-state index in [1.807, 2.05) is 0 Å². The Hall–Kier alpha value is -2.40. The largest absolute Gasteiger partial charge is 0.497 e. The molecular weight excluding hydrogens is 446 g/mol. The third-order valence-corrected chi connectivity index (χ3v) is 9.10. The van der Waals surface area contributed by atoms with Gasteiger partial charge in [-0.2, -0.15) is 0 Å². The first kappa shape index (κ1) is 22.3. The molecule has 30 heavy (non-hydrogen) atoms. The van der Waals surface area contributed by atoms with E-state index in [1.54, 1.807) is 41.8 Å². The minimum Gasteiger partial charge on any atom is -0.497 e. The van der Waals surface area contributed by atoms with Crippen LogP contribution in [-0.2, 0) is 19.9 Å². The lowest BCUT2D eigenvalue weighted by molar-refractivity contribution is 0.392. The van der Waals surface area contributed by atoms with E-state index in [0.717, 1.165) is 0 Å². The van der Waals surface area contributed by atoms with Gasteiger partial charge >= 0.3 is 0 Å². The van der Waals surface area contributed by atoms with Gasteiger partial charge in [-0.05, 0) is 35.7 Å². The van der Waals surface area contributed by atoms with Crippen molar-refractivity contribution in [3.63, 3.8) is 0 Å². The Labute approximate surface area is 180 Å². The Bertz CT molecular complexity index is 1190. The summed E-state index contributed by atoms with van der Waals surface area (Å²) in [6.45, 7) is -0.333. The molecule has 3 aromatic rings. The molecular formula is C20H21NO6S3. The Morgan fingerprint density at radius 3 is 2.27 bits per heavy atom. The molecule has 0 bridgehead atoms. The first-order valence-corrected chi connectivity index (χ1v) is 12.7. The molecule has 1 N–H and O–H groups in total. The molecule has 7 nitrogen and oxygen atoms in total. The van der Waals surface area contributed by atoms with Gasteiger partial charge in [-0.15, -0.1) is 11.3 Å². The van der Waals surface area contributed by atoms with Crippen molar-refractivity contribution in [3.8, 4) is 11.5 Å². The number of hydrogen-bond donors (Lipinski definition) is 1. The van der Waals surface area contributed by atoms with Crippen LogP contribution in [0.1, 0.15) is 10.1 Å². The van der Waals surface area contributed by atoms with Gasteiger partial charge in [0.05, 0.1) is 19.1 Å². The van der Waals surface area contributed by atoms with E-state index in [2.05, 4.69) is 4.72 Å². The molecule has 0 aliphatic heterocycles. The van der Waals surface area contributed by atoms with Crippen LogP contribution >= 0.6 is 11.3 Å². The number of hydrogen-bond acceptors (Lipinski definition) is 7. The van der Waals surface area contributed by atoms with Crippen LogP contribution in [0.25, 0.3) is 0 Å². The Kier molecular flexibility index (Phi) is 6.81. The third kappa shape index (κ3) is 4.67. The van der Waals surface area contributed by atoms with Crippen LogP contribution in [0.15, 0.2) is 75.8 Å². The molecule has 0 radical (unpaired) electrons. The number of thiophene rings is 1. The molecule has 1 atom stereocenters. The second-order valence-corrected chi connectivity index (χ2v) is 11.1. The summed E-state index contributed by atoms with van der Waals surface area (Å²) in [5.74, 6) is 0.463. The number of methoxy groups -OCH3 is 2. The fourth-order valence-electron chi connectivity index (χ4n) is 2.87. The standard InChI is InChI=1S/C20H21NO6S3/c1-26-15-10-11-17(27-2)19(13-15)30(24,25)21-14-20(18-9-6-12-28-18)29(22,23)16-7-4-3-5-8-16/h3-13,20-21H,14H2,1-2H3/t20-/m1/s1. The van der Waals surface area contributed by atoms with Gasteiger partial charge in [0.1, 0.15) is 21.6 Å². The third-order valence-electron chi connectivity index (χ3n) is 4.43. The summed E-state index contributed by atoms with van der Waals surface area (Å²) < 4.78 is 65.1. The summed E-state index contributed by atoms with van der Waals surface area (Å²) in [4.78, 5) is 0.534. The lowest BCUT2D eigenvalue weighted by Gasteiger charge is -2.18. The van der Waals surface area contributed by atoms with Crippen molar-refractivity contribution in [1.29, 1.82) is 0 Å². The Morgan fingerprint density at radius 2 is 1.67 bits per heavy atom. The highest BCUT2D eigenvalue weighted by Gasteiger charge is 2.32. The van der Waals surface area contributed by atoms with Crippen molar-refractivity contribution in [2.45, 2.75) is 15.0 Å². The maximum absolute atomic E-state index is 13.2. The van der Waals surface area contributed by atoms with Crippen LogP contribution in [0.3, 0.4) is 0 Å². The fraction of sp³-hybridized carbons (Fsp3) is 0.200. The Morgan fingerprint density at radius 1 is 0.933 bits per heavy atom. The minimum atomic E-state index is -4.08. The maximum atomic E-state index is 13.2. The van der Waals surface area contributed by atoms with E-state index in [9.17, 15) is 16.8 Å². The average molecular weight is 468 g/mol. The van der Waals surface area contributed by atoms with Gasteiger partial charge in [0.15, 0.2) is 9.84 Å². The average Bonchev–Trinajstić information content (AvgIpc) is 3.28. The van der Waals surface area contributed by atoms with Crippen LogP contribution in [-0.4, -0.2) is 37.6 Å².